The third-order valence-corrected chi connectivity index (χ3v) is 10.5. The molecule has 2 aliphatic rings. The summed E-state index contributed by atoms with van der Waals surface area (Å²) in [6.07, 6.45) is 8.45. The molecule has 46 heavy (non-hydrogen) atoms. The van der Waals surface area contributed by atoms with Gasteiger partial charge in [-0.1, -0.05) is 123 Å². The maximum Gasteiger partial charge on any atom is 3.00 e. The molecular formula is C42H48Cl2SiZr. The summed E-state index contributed by atoms with van der Waals surface area (Å²) in [5, 5.41) is 5.44. The molecule has 2 fully saturated rings. The van der Waals surface area contributed by atoms with Gasteiger partial charge in [-0.25, -0.2) is 0 Å². The van der Waals surface area contributed by atoms with E-state index in [0.717, 1.165) is 30.2 Å². The van der Waals surface area contributed by atoms with Crippen molar-refractivity contribution < 1.29 is 26.2 Å². The third kappa shape index (κ3) is 9.23. The minimum Gasteiger partial charge on any atom is -0.358 e. The quantitative estimate of drug-likeness (QED) is 0.125. The Hall–Kier alpha value is -2.22. The van der Waals surface area contributed by atoms with Crippen LogP contribution in [0.3, 0.4) is 0 Å². The van der Waals surface area contributed by atoms with Gasteiger partial charge in [-0.3, -0.25) is 0 Å². The molecule has 4 heteroatoms. The predicted molar refractivity (Wildman–Crippen MR) is 207 cm³/mol. The van der Waals surface area contributed by atoms with E-state index in [1.165, 1.54) is 54.9 Å². The van der Waals surface area contributed by atoms with Crippen LogP contribution in [-0.2, 0) is 39.0 Å². The standard InChI is InChI=1S/2C17H15.C7H13Si.CH3.2ClH.Zr/c2*1-2-13-11-15-9-6-10-16(17(15)12-13)14-7-4-3-5-8-14;8-7-4-5-1-2-6(7)3-5;;;;/h2*3-12H,2H2,1H3;5-7H,1-4,8H2;1H3;2*1H;/q2*-1;;-1;;;+3. The van der Waals surface area contributed by atoms with Crippen molar-refractivity contribution in [3.8, 4) is 22.3 Å². The fourth-order valence-electron chi connectivity index (χ4n) is 7.12. The number of fused-ring (bicyclic) bond motifs is 4. The molecule has 3 unspecified atom stereocenters. The Morgan fingerprint density at radius 3 is 1.39 bits per heavy atom. The fourth-order valence-corrected chi connectivity index (χ4v) is 8.02. The fraction of sp³-hybridized carbons (Fsp3) is 0.262. The van der Waals surface area contributed by atoms with Gasteiger partial charge >= 0.3 is 26.2 Å². The number of hydrogen-bond acceptors (Lipinski definition) is 0. The first kappa shape index (κ1) is 40.0. The molecule has 0 saturated heterocycles. The molecule has 2 saturated carbocycles. The maximum atomic E-state index is 2.32. The van der Waals surface area contributed by atoms with E-state index in [4.69, 9.17) is 0 Å². The number of halogens is 2. The Morgan fingerprint density at radius 2 is 1.07 bits per heavy atom. The molecule has 2 aliphatic carbocycles. The van der Waals surface area contributed by atoms with E-state index < -0.39 is 0 Å². The van der Waals surface area contributed by atoms with E-state index in [1.54, 1.807) is 25.7 Å². The number of aryl methyl sites for hydroxylation is 2. The minimum absolute atomic E-state index is 0. The second kappa shape index (κ2) is 18.9. The second-order valence-electron chi connectivity index (χ2n) is 12.2. The summed E-state index contributed by atoms with van der Waals surface area (Å²) in [5.41, 5.74) is 9.21. The summed E-state index contributed by atoms with van der Waals surface area (Å²) in [6, 6.07) is 43.5. The van der Waals surface area contributed by atoms with Crippen LogP contribution in [0.4, 0.5) is 0 Å². The van der Waals surface area contributed by atoms with Crippen molar-refractivity contribution in [1.82, 2.24) is 0 Å². The number of hydrogen-bond donors (Lipinski definition) is 0. The van der Waals surface area contributed by atoms with E-state index in [1.807, 2.05) is 0 Å². The zero-order chi connectivity index (χ0) is 28.9. The van der Waals surface area contributed by atoms with Crippen LogP contribution in [0.1, 0.15) is 50.7 Å². The molecule has 6 aromatic rings. The molecule has 3 atom stereocenters. The van der Waals surface area contributed by atoms with Crippen LogP contribution in [0, 0.1) is 19.3 Å². The number of benzene rings is 4. The topological polar surface area (TPSA) is 0 Å². The van der Waals surface area contributed by atoms with Gasteiger partial charge in [0.05, 0.1) is 0 Å². The van der Waals surface area contributed by atoms with E-state index in [0.29, 0.717) is 0 Å². The van der Waals surface area contributed by atoms with Gasteiger partial charge in [-0.15, -0.1) is 93.9 Å². The third-order valence-electron chi connectivity index (χ3n) is 9.49. The summed E-state index contributed by atoms with van der Waals surface area (Å²) < 4.78 is 0. The van der Waals surface area contributed by atoms with Crippen LogP contribution in [0.25, 0.3) is 43.8 Å². The van der Waals surface area contributed by atoms with Gasteiger partial charge in [0.15, 0.2) is 0 Å². The monoisotopic (exact) mass is 740 g/mol. The van der Waals surface area contributed by atoms with Crippen molar-refractivity contribution in [2.75, 3.05) is 0 Å². The first-order valence-corrected chi connectivity index (χ1v) is 16.7. The molecule has 0 aliphatic heterocycles. The van der Waals surface area contributed by atoms with Gasteiger partial charge in [0.2, 0.25) is 0 Å². The van der Waals surface area contributed by atoms with E-state index in [2.05, 4.69) is 145 Å². The Kier molecular flexibility index (Phi) is 16.5. The van der Waals surface area contributed by atoms with E-state index in [-0.39, 0.29) is 58.4 Å². The summed E-state index contributed by atoms with van der Waals surface area (Å²) >= 11 is 0. The van der Waals surface area contributed by atoms with Gasteiger partial charge in [-0.2, -0.15) is 12.1 Å². The molecule has 6 aromatic carbocycles. The zero-order valence-electron chi connectivity index (χ0n) is 27.5. The maximum absolute atomic E-state index is 2.32. The van der Waals surface area contributed by atoms with Gasteiger partial charge in [0.1, 0.15) is 0 Å². The molecule has 0 aromatic heterocycles. The zero-order valence-corrected chi connectivity index (χ0v) is 33.1. The van der Waals surface area contributed by atoms with Crippen LogP contribution in [0.5, 0.6) is 0 Å². The predicted octanol–water partition coefficient (Wildman–Crippen LogP) is 12.1. The van der Waals surface area contributed by atoms with Crippen molar-refractivity contribution in [2.24, 2.45) is 11.8 Å². The smallest absolute Gasteiger partial charge is 0.358 e. The Labute approximate surface area is 312 Å². The Morgan fingerprint density at radius 1 is 0.609 bits per heavy atom. The van der Waals surface area contributed by atoms with Crippen molar-refractivity contribution >= 4 is 56.6 Å². The van der Waals surface area contributed by atoms with Crippen LogP contribution in [0.15, 0.2) is 121 Å². The first-order valence-electron chi connectivity index (χ1n) is 15.9. The normalized spacial score (nSPS) is 17.2. The van der Waals surface area contributed by atoms with Gasteiger partial charge < -0.3 is 7.43 Å². The largest absolute Gasteiger partial charge is 3.00 e. The average molecular weight is 743 g/mol. The molecule has 0 heterocycles. The molecule has 0 amide bonds. The molecule has 2 bridgehead atoms. The Bertz CT molecular complexity index is 1620. The van der Waals surface area contributed by atoms with Crippen LogP contribution in [-0.4, -0.2) is 10.2 Å². The summed E-state index contributed by atoms with van der Waals surface area (Å²) in [4.78, 5) is 0. The molecular weight excluding hydrogens is 695 g/mol. The van der Waals surface area contributed by atoms with E-state index >= 15 is 0 Å². The Balaban J connectivity index is 0.000000242. The molecule has 238 valence electrons. The van der Waals surface area contributed by atoms with Crippen molar-refractivity contribution in [3.05, 3.63) is 140 Å². The summed E-state index contributed by atoms with van der Waals surface area (Å²) in [7, 11) is 2.23. The molecule has 2 radical (unpaired) electrons. The summed E-state index contributed by atoms with van der Waals surface area (Å²) in [6.45, 7) is 4.41. The van der Waals surface area contributed by atoms with Crippen molar-refractivity contribution in [1.29, 1.82) is 0 Å². The van der Waals surface area contributed by atoms with Gasteiger partial charge in [0.25, 0.3) is 0 Å². The molecule has 8 rings (SSSR count). The second-order valence-corrected chi connectivity index (χ2v) is 13.3. The van der Waals surface area contributed by atoms with Crippen molar-refractivity contribution in [2.45, 2.75) is 57.9 Å². The average Bonchev–Trinajstić information content (AvgIpc) is 3.85. The molecule has 0 spiro atoms. The molecule has 0 nitrogen and oxygen atoms in total. The molecule has 0 N–H and O–H groups in total. The van der Waals surface area contributed by atoms with Crippen molar-refractivity contribution in [3.63, 3.8) is 0 Å². The SMILES string of the molecule is CCc1cc2c(-c3ccccc3)cccc2[cH-]1.CCc1cc2c(-c3ccccc3)cccc2[cH-]1.Cl.Cl.[CH3-].[SiH2]C1CC2CCC1C2.[Zr+3]. The van der Waals surface area contributed by atoms with Gasteiger partial charge in [-0.05, 0) is 42.2 Å². The first-order chi connectivity index (χ1) is 20.6. The summed E-state index contributed by atoms with van der Waals surface area (Å²) in [5.74, 6) is 2.31. The minimum atomic E-state index is 0. The van der Waals surface area contributed by atoms with Crippen LogP contribution in [0.2, 0.25) is 5.54 Å². The van der Waals surface area contributed by atoms with Crippen LogP contribution < -0.4 is 0 Å². The van der Waals surface area contributed by atoms with Crippen LogP contribution >= 0.6 is 24.8 Å². The van der Waals surface area contributed by atoms with Gasteiger partial charge in [0, 0.05) is 10.2 Å². The van der Waals surface area contributed by atoms with E-state index in [9.17, 15) is 0 Å². The number of rotatable bonds is 4.